The topological polar surface area (TPSA) is 27.8 Å². The van der Waals surface area contributed by atoms with Gasteiger partial charge in [-0.1, -0.05) is 57.4 Å². The summed E-state index contributed by atoms with van der Waals surface area (Å²) in [5.74, 6) is 1.89. The van der Waals surface area contributed by atoms with Crippen LogP contribution in [0.5, 0.6) is 0 Å². The lowest BCUT2D eigenvalue weighted by atomic mass is 9.78. The Bertz CT molecular complexity index is 655. The first-order valence-corrected chi connectivity index (χ1v) is 9.70. The standard InChI is InChI=1S/C22H32N2/c1-17-8-3-4-9-19(17)10-7-15-23-18(2)13-14-20-16-24-22-12-6-5-11-21(20)22/h5-6,11-12,16-17,19,23-24H,2-4,7-10,13-15H2,1H3. The van der Waals surface area contributed by atoms with Crippen LogP contribution < -0.4 is 5.32 Å². The molecule has 0 amide bonds. The molecule has 2 aromatic rings. The maximum absolute atomic E-state index is 4.21. The molecule has 1 aliphatic rings. The van der Waals surface area contributed by atoms with Gasteiger partial charge in [0, 0.05) is 29.3 Å². The van der Waals surface area contributed by atoms with Crippen LogP contribution in [0.25, 0.3) is 10.9 Å². The van der Waals surface area contributed by atoms with Gasteiger partial charge in [0.05, 0.1) is 0 Å². The van der Waals surface area contributed by atoms with Gasteiger partial charge < -0.3 is 10.3 Å². The number of benzene rings is 1. The number of fused-ring (bicyclic) bond motifs is 1. The quantitative estimate of drug-likeness (QED) is 0.589. The van der Waals surface area contributed by atoms with Crippen LogP contribution in [0.15, 0.2) is 42.7 Å². The molecule has 2 heteroatoms. The summed E-state index contributed by atoms with van der Waals surface area (Å²) >= 11 is 0. The average Bonchev–Trinajstić information content (AvgIpc) is 3.01. The van der Waals surface area contributed by atoms with E-state index in [2.05, 4.69) is 54.3 Å². The molecule has 1 saturated carbocycles. The van der Waals surface area contributed by atoms with E-state index in [1.165, 1.54) is 60.7 Å². The lowest BCUT2D eigenvalue weighted by Gasteiger charge is -2.28. The molecule has 0 saturated heterocycles. The number of allylic oxidation sites excluding steroid dienone is 1. The van der Waals surface area contributed by atoms with Crippen LogP contribution in [0, 0.1) is 11.8 Å². The molecular weight excluding hydrogens is 292 g/mol. The zero-order valence-corrected chi connectivity index (χ0v) is 15.1. The normalized spacial score (nSPS) is 21.0. The third kappa shape index (κ3) is 4.43. The highest BCUT2D eigenvalue weighted by Crippen LogP contribution is 2.32. The van der Waals surface area contributed by atoms with Gasteiger partial charge in [-0.2, -0.15) is 0 Å². The number of aryl methyl sites for hydroxylation is 1. The second-order valence-corrected chi connectivity index (χ2v) is 7.55. The Labute approximate surface area is 146 Å². The van der Waals surface area contributed by atoms with Gasteiger partial charge >= 0.3 is 0 Å². The van der Waals surface area contributed by atoms with Crippen LogP contribution >= 0.6 is 0 Å². The smallest absolute Gasteiger partial charge is 0.0456 e. The number of aromatic amines is 1. The molecule has 1 fully saturated rings. The molecule has 24 heavy (non-hydrogen) atoms. The van der Waals surface area contributed by atoms with Gasteiger partial charge in [0.1, 0.15) is 0 Å². The number of nitrogens with one attached hydrogen (secondary N) is 2. The van der Waals surface area contributed by atoms with E-state index >= 15 is 0 Å². The summed E-state index contributed by atoms with van der Waals surface area (Å²) in [6.45, 7) is 7.73. The van der Waals surface area contributed by atoms with Gasteiger partial charge in [-0.3, -0.25) is 0 Å². The Kier molecular flexibility index (Phi) is 6.01. The number of para-hydroxylation sites is 1. The molecule has 3 rings (SSSR count). The van der Waals surface area contributed by atoms with Crippen molar-refractivity contribution < 1.29 is 0 Å². The highest BCUT2D eigenvalue weighted by atomic mass is 14.9. The summed E-state index contributed by atoms with van der Waals surface area (Å²) < 4.78 is 0. The van der Waals surface area contributed by atoms with E-state index in [-0.39, 0.29) is 0 Å². The van der Waals surface area contributed by atoms with E-state index in [1.807, 2.05) is 0 Å². The van der Waals surface area contributed by atoms with Crippen molar-refractivity contribution in [3.8, 4) is 0 Å². The Hall–Kier alpha value is -1.70. The minimum Gasteiger partial charge on any atom is -0.389 e. The van der Waals surface area contributed by atoms with Crippen LogP contribution in [0.3, 0.4) is 0 Å². The number of hydrogen-bond donors (Lipinski definition) is 2. The van der Waals surface area contributed by atoms with Crippen molar-refractivity contribution in [1.82, 2.24) is 10.3 Å². The molecule has 1 aromatic carbocycles. The number of aromatic nitrogens is 1. The summed E-state index contributed by atoms with van der Waals surface area (Å²) in [6.07, 6.45) is 12.6. The predicted octanol–water partition coefficient (Wildman–Crippen LogP) is 5.81. The molecule has 0 aliphatic heterocycles. The Balaban J connectivity index is 1.35. The molecule has 1 heterocycles. The summed E-state index contributed by atoms with van der Waals surface area (Å²) in [4.78, 5) is 3.35. The second kappa shape index (κ2) is 8.41. The van der Waals surface area contributed by atoms with Crippen molar-refractivity contribution in [2.24, 2.45) is 11.8 Å². The fraction of sp³-hybridized carbons (Fsp3) is 0.545. The zero-order valence-electron chi connectivity index (χ0n) is 15.1. The van der Waals surface area contributed by atoms with Gasteiger partial charge in [0.2, 0.25) is 0 Å². The summed E-state index contributed by atoms with van der Waals surface area (Å²) in [6, 6.07) is 8.52. The minimum absolute atomic E-state index is 0.934. The number of hydrogen-bond acceptors (Lipinski definition) is 1. The third-order valence-electron chi connectivity index (χ3n) is 5.79. The largest absolute Gasteiger partial charge is 0.389 e. The highest BCUT2D eigenvalue weighted by Gasteiger charge is 2.20. The Morgan fingerprint density at radius 2 is 2.08 bits per heavy atom. The van der Waals surface area contributed by atoms with Crippen LogP contribution in [0.2, 0.25) is 0 Å². The van der Waals surface area contributed by atoms with Crippen molar-refractivity contribution in [3.63, 3.8) is 0 Å². The highest BCUT2D eigenvalue weighted by molar-refractivity contribution is 5.83. The molecule has 2 N–H and O–H groups in total. The van der Waals surface area contributed by atoms with E-state index in [4.69, 9.17) is 0 Å². The van der Waals surface area contributed by atoms with Gasteiger partial charge in [0.25, 0.3) is 0 Å². The van der Waals surface area contributed by atoms with Gasteiger partial charge in [-0.25, -0.2) is 0 Å². The SMILES string of the molecule is C=C(CCc1c[nH]c2ccccc12)NCCCC1CCCCC1C. The van der Waals surface area contributed by atoms with E-state index in [0.717, 1.165) is 31.2 Å². The first kappa shape index (κ1) is 17.1. The van der Waals surface area contributed by atoms with E-state index in [0.29, 0.717) is 0 Å². The van der Waals surface area contributed by atoms with Crippen LogP contribution in [0.4, 0.5) is 0 Å². The molecule has 130 valence electrons. The van der Waals surface area contributed by atoms with Gasteiger partial charge in [-0.05, 0) is 49.1 Å². The molecule has 2 nitrogen and oxygen atoms in total. The summed E-state index contributed by atoms with van der Waals surface area (Å²) in [5.41, 5.74) is 3.80. The molecule has 0 spiro atoms. The zero-order chi connectivity index (χ0) is 16.8. The molecule has 0 radical (unpaired) electrons. The molecule has 1 aromatic heterocycles. The first-order chi connectivity index (χ1) is 11.7. The van der Waals surface area contributed by atoms with Crippen molar-refractivity contribution >= 4 is 10.9 Å². The predicted molar refractivity (Wildman–Crippen MR) is 104 cm³/mol. The fourth-order valence-corrected chi connectivity index (χ4v) is 4.16. The van der Waals surface area contributed by atoms with E-state index in [1.54, 1.807) is 0 Å². The average molecular weight is 325 g/mol. The van der Waals surface area contributed by atoms with Crippen LogP contribution in [-0.4, -0.2) is 11.5 Å². The Morgan fingerprint density at radius 3 is 2.96 bits per heavy atom. The van der Waals surface area contributed by atoms with E-state index in [9.17, 15) is 0 Å². The maximum atomic E-state index is 4.21. The van der Waals surface area contributed by atoms with Gasteiger partial charge in [0.15, 0.2) is 0 Å². The van der Waals surface area contributed by atoms with E-state index < -0.39 is 0 Å². The molecule has 1 aliphatic carbocycles. The minimum atomic E-state index is 0.934. The van der Waals surface area contributed by atoms with Crippen molar-refractivity contribution in [3.05, 3.63) is 48.3 Å². The van der Waals surface area contributed by atoms with Crippen LogP contribution in [-0.2, 0) is 6.42 Å². The fourth-order valence-electron chi connectivity index (χ4n) is 4.16. The monoisotopic (exact) mass is 324 g/mol. The maximum Gasteiger partial charge on any atom is 0.0456 e. The molecule has 0 bridgehead atoms. The number of H-pyrrole nitrogens is 1. The molecule has 2 atom stereocenters. The lowest BCUT2D eigenvalue weighted by Crippen LogP contribution is -2.20. The summed E-state index contributed by atoms with van der Waals surface area (Å²) in [5, 5.41) is 4.89. The van der Waals surface area contributed by atoms with Crippen LogP contribution in [0.1, 0.15) is 57.4 Å². The van der Waals surface area contributed by atoms with Crippen molar-refractivity contribution in [2.45, 2.75) is 58.3 Å². The summed E-state index contributed by atoms with van der Waals surface area (Å²) in [7, 11) is 0. The molecule has 2 unspecified atom stereocenters. The third-order valence-corrected chi connectivity index (χ3v) is 5.79. The first-order valence-electron chi connectivity index (χ1n) is 9.70. The second-order valence-electron chi connectivity index (χ2n) is 7.55. The Morgan fingerprint density at radius 1 is 1.25 bits per heavy atom. The van der Waals surface area contributed by atoms with Crippen molar-refractivity contribution in [2.75, 3.05) is 6.54 Å². The van der Waals surface area contributed by atoms with Crippen molar-refractivity contribution in [1.29, 1.82) is 0 Å². The van der Waals surface area contributed by atoms with Gasteiger partial charge in [-0.15, -0.1) is 0 Å². The number of rotatable bonds is 8. The lowest BCUT2D eigenvalue weighted by molar-refractivity contribution is 0.238. The molecular formula is C22H32N2.